The number of furan rings is 1. The summed E-state index contributed by atoms with van der Waals surface area (Å²) in [6.07, 6.45) is 0. The molecule has 0 N–H and O–H groups in total. The molecule has 2 aromatic rings. The Morgan fingerprint density at radius 1 is 1.19 bits per heavy atom. The van der Waals surface area contributed by atoms with Crippen LogP contribution in [-0.4, -0.2) is 20.0 Å². The van der Waals surface area contributed by atoms with E-state index in [0.29, 0.717) is 22.8 Å². The number of methoxy groups -OCH3 is 2. The Kier molecular flexibility index (Phi) is 4.29. The Bertz CT molecular complexity index is 697. The van der Waals surface area contributed by atoms with Crippen molar-refractivity contribution in [1.29, 1.82) is 5.26 Å². The van der Waals surface area contributed by atoms with E-state index in [1.807, 2.05) is 6.07 Å². The largest absolute Gasteiger partial charge is 0.493 e. The number of carbonyl (C=O) groups is 1. The van der Waals surface area contributed by atoms with E-state index in [-0.39, 0.29) is 11.5 Å². The van der Waals surface area contributed by atoms with Gasteiger partial charge in [-0.05, 0) is 36.8 Å². The number of ketones is 1. The lowest BCUT2D eigenvalue weighted by Crippen LogP contribution is -2.10. The van der Waals surface area contributed by atoms with Crippen LogP contribution in [-0.2, 0) is 0 Å². The van der Waals surface area contributed by atoms with Crippen molar-refractivity contribution in [2.75, 3.05) is 14.2 Å². The molecule has 0 saturated carbocycles. The molecule has 2 rings (SSSR count). The zero-order chi connectivity index (χ0) is 15.4. The van der Waals surface area contributed by atoms with E-state index in [9.17, 15) is 10.1 Å². The minimum atomic E-state index is -0.949. The standard InChI is InChI=1S/C16H15NO4/c1-10-4-6-14(21-10)16(18)12(9-17)11-5-7-13(19-2)15(8-11)20-3/h4-8,12H,1-3H3. The SMILES string of the molecule is COc1ccc(C(C#N)C(=O)c2ccc(C)o2)cc1OC. The van der Waals surface area contributed by atoms with Crippen molar-refractivity contribution < 1.29 is 18.7 Å². The van der Waals surface area contributed by atoms with Gasteiger partial charge in [0.05, 0.1) is 20.3 Å². The van der Waals surface area contributed by atoms with E-state index in [1.165, 1.54) is 14.2 Å². The topological polar surface area (TPSA) is 72.5 Å². The van der Waals surface area contributed by atoms with Crippen molar-refractivity contribution in [3.8, 4) is 17.6 Å². The fourth-order valence-corrected chi connectivity index (χ4v) is 2.03. The molecule has 1 atom stereocenters. The third kappa shape index (κ3) is 2.90. The van der Waals surface area contributed by atoms with Gasteiger partial charge in [0.25, 0.3) is 0 Å². The molecule has 0 aliphatic heterocycles. The van der Waals surface area contributed by atoms with Gasteiger partial charge in [0.1, 0.15) is 11.7 Å². The number of nitrogens with zero attached hydrogens (tertiary/aromatic N) is 1. The van der Waals surface area contributed by atoms with Crippen molar-refractivity contribution in [2.24, 2.45) is 0 Å². The van der Waals surface area contributed by atoms with Crippen LogP contribution in [0.25, 0.3) is 0 Å². The third-order valence-corrected chi connectivity index (χ3v) is 3.12. The van der Waals surface area contributed by atoms with E-state index >= 15 is 0 Å². The number of ether oxygens (including phenoxy) is 2. The average Bonchev–Trinajstić information content (AvgIpc) is 2.94. The highest BCUT2D eigenvalue weighted by molar-refractivity contribution is 6.00. The van der Waals surface area contributed by atoms with Crippen LogP contribution in [0.2, 0.25) is 0 Å². The molecule has 1 heterocycles. The molecule has 0 aliphatic rings. The summed E-state index contributed by atoms with van der Waals surface area (Å²) >= 11 is 0. The van der Waals surface area contributed by atoms with Crippen LogP contribution < -0.4 is 9.47 Å². The molecule has 0 saturated heterocycles. The second-order valence-electron chi connectivity index (χ2n) is 4.45. The molecule has 5 heteroatoms. The Hall–Kier alpha value is -2.74. The first-order valence-corrected chi connectivity index (χ1v) is 6.33. The Balaban J connectivity index is 2.38. The maximum atomic E-state index is 12.4. The first kappa shape index (κ1) is 14.7. The lowest BCUT2D eigenvalue weighted by molar-refractivity contribution is 0.0950. The van der Waals surface area contributed by atoms with Gasteiger partial charge in [0.2, 0.25) is 5.78 Å². The van der Waals surface area contributed by atoms with E-state index < -0.39 is 5.92 Å². The predicted octanol–water partition coefficient (Wildman–Crippen LogP) is 3.10. The van der Waals surface area contributed by atoms with Gasteiger partial charge in [-0.2, -0.15) is 5.26 Å². The van der Waals surface area contributed by atoms with E-state index in [0.717, 1.165) is 0 Å². The fraction of sp³-hybridized carbons (Fsp3) is 0.250. The lowest BCUT2D eigenvalue weighted by Gasteiger charge is -2.11. The highest BCUT2D eigenvalue weighted by atomic mass is 16.5. The number of aryl methyl sites for hydroxylation is 1. The normalized spacial score (nSPS) is 11.5. The minimum Gasteiger partial charge on any atom is -0.493 e. The van der Waals surface area contributed by atoms with Crippen LogP contribution in [0.1, 0.15) is 27.8 Å². The van der Waals surface area contributed by atoms with Crippen LogP contribution in [0, 0.1) is 18.3 Å². The van der Waals surface area contributed by atoms with Crippen LogP contribution in [0.4, 0.5) is 0 Å². The molecule has 1 unspecified atom stereocenters. The number of Topliss-reactive ketones (excluding diaryl/α,β-unsaturated/α-hetero) is 1. The monoisotopic (exact) mass is 285 g/mol. The Labute approximate surface area is 122 Å². The number of nitriles is 1. The summed E-state index contributed by atoms with van der Waals surface area (Å²) in [5.41, 5.74) is 0.536. The number of hydrogen-bond donors (Lipinski definition) is 0. The van der Waals surface area contributed by atoms with Crippen molar-refractivity contribution in [3.63, 3.8) is 0 Å². The smallest absolute Gasteiger partial charge is 0.219 e. The molecule has 0 radical (unpaired) electrons. The van der Waals surface area contributed by atoms with Gasteiger partial charge >= 0.3 is 0 Å². The lowest BCUT2D eigenvalue weighted by atomic mass is 9.94. The summed E-state index contributed by atoms with van der Waals surface area (Å²) in [5, 5.41) is 9.32. The Morgan fingerprint density at radius 2 is 1.90 bits per heavy atom. The molecule has 0 fully saturated rings. The van der Waals surface area contributed by atoms with Gasteiger partial charge in [-0.3, -0.25) is 4.79 Å². The third-order valence-electron chi connectivity index (χ3n) is 3.12. The second-order valence-corrected chi connectivity index (χ2v) is 4.45. The second kappa shape index (κ2) is 6.14. The summed E-state index contributed by atoms with van der Waals surface area (Å²) in [6, 6.07) is 10.2. The first-order chi connectivity index (χ1) is 10.1. The molecule has 0 spiro atoms. The predicted molar refractivity (Wildman–Crippen MR) is 75.7 cm³/mol. The maximum Gasteiger partial charge on any atom is 0.219 e. The van der Waals surface area contributed by atoms with Gasteiger partial charge in [-0.15, -0.1) is 0 Å². The van der Waals surface area contributed by atoms with Crippen LogP contribution >= 0.6 is 0 Å². The number of rotatable bonds is 5. The molecule has 0 bridgehead atoms. The fourth-order valence-electron chi connectivity index (χ4n) is 2.03. The van der Waals surface area contributed by atoms with Gasteiger partial charge in [-0.1, -0.05) is 6.07 Å². The van der Waals surface area contributed by atoms with Gasteiger partial charge in [0, 0.05) is 0 Å². The summed E-state index contributed by atoms with van der Waals surface area (Å²) in [7, 11) is 3.02. The van der Waals surface area contributed by atoms with Crippen molar-refractivity contribution >= 4 is 5.78 Å². The Morgan fingerprint density at radius 3 is 2.43 bits per heavy atom. The highest BCUT2D eigenvalue weighted by Crippen LogP contribution is 2.31. The number of benzene rings is 1. The quantitative estimate of drug-likeness (QED) is 0.789. The minimum absolute atomic E-state index is 0.175. The molecule has 5 nitrogen and oxygen atoms in total. The number of hydrogen-bond acceptors (Lipinski definition) is 5. The molecular formula is C16H15NO4. The van der Waals surface area contributed by atoms with Crippen molar-refractivity contribution in [3.05, 3.63) is 47.4 Å². The first-order valence-electron chi connectivity index (χ1n) is 6.33. The maximum absolute atomic E-state index is 12.4. The molecule has 1 aromatic heterocycles. The van der Waals surface area contributed by atoms with Crippen molar-refractivity contribution in [2.45, 2.75) is 12.8 Å². The van der Waals surface area contributed by atoms with Crippen LogP contribution in [0.3, 0.4) is 0 Å². The van der Waals surface area contributed by atoms with E-state index in [2.05, 4.69) is 0 Å². The summed E-state index contributed by atoms with van der Waals surface area (Å²) in [5.74, 6) is 0.488. The zero-order valence-electron chi connectivity index (χ0n) is 12.0. The molecular weight excluding hydrogens is 270 g/mol. The van der Waals surface area contributed by atoms with Crippen LogP contribution in [0.15, 0.2) is 34.7 Å². The van der Waals surface area contributed by atoms with E-state index in [1.54, 1.807) is 37.3 Å². The molecule has 108 valence electrons. The van der Waals surface area contributed by atoms with Crippen molar-refractivity contribution in [1.82, 2.24) is 0 Å². The molecule has 0 amide bonds. The molecule has 0 aliphatic carbocycles. The zero-order valence-corrected chi connectivity index (χ0v) is 12.0. The molecule has 21 heavy (non-hydrogen) atoms. The van der Waals surface area contributed by atoms with Gasteiger partial charge in [0.15, 0.2) is 17.3 Å². The highest BCUT2D eigenvalue weighted by Gasteiger charge is 2.25. The van der Waals surface area contributed by atoms with Crippen LogP contribution in [0.5, 0.6) is 11.5 Å². The van der Waals surface area contributed by atoms with E-state index in [4.69, 9.17) is 13.9 Å². The summed E-state index contributed by atoms with van der Waals surface area (Å²) in [4.78, 5) is 12.4. The van der Waals surface area contributed by atoms with Gasteiger partial charge < -0.3 is 13.9 Å². The number of carbonyl (C=O) groups excluding carboxylic acids is 1. The summed E-state index contributed by atoms with van der Waals surface area (Å²) < 4.78 is 15.6. The average molecular weight is 285 g/mol. The molecule has 1 aromatic carbocycles. The summed E-state index contributed by atoms with van der Waals surface area (Å²) in [6.45, 7) is 1.74. The van der Waals surface area contributed by atoms with Gasteiger partial charge in [-0.25, -0.2) is 0 Å².